The number of hydrogen-bond acceptors (Lipinski definition) is 3. The Morgan fingerprint density at radius 3 is 2.83 bits per heavy atom. The van der Waals surface area contributed by atoms with Gasteiger partial charge in [0.1, 0.15) is 0 Å². The van der Waals surface area contributed by atoms with Crippen molar-refractivity contribution < 1.29 is 9.53 Å². The van der Waals surface area contributed by atoms with Gasteiger partial charge in [-0.05, 0) is 49.8 Å². The van der Waals surface area contributed by atoms with Crippen LogP contribution in [0.3, 0.4) is 0 Å². The molecule has 5 atom stereocenters. The largest absolute Gasteiger partial charge is 0.465 e. The van der Waals surface area contributed by atoms with E-state index >= 15 is 0 Å². The molecule has 0 N–H and O–H groups in total. The maximum absolute atomic E-state index is 11.6. The number of likely N-dealkylation sites (N-methyl/N-ethyl adjacent to an activating group) is 1. The molecule has 2 aliphatic heterocycles. The van der Waals surface area contributed by atoms with Gasteiger partial charge in [-0.15, -0.1) is 0 Å². The first kappa shape index (κ1) is 16.1. The highest BCUT2D eigenvalue weighted by atomic mass is 16.5. The Labute approximate surface area is 145 Å². The van der Waals surface area contributed by atoms with Crippen molar-refractivity contribution in [3.05, 3.63) is 35.4 Å². The van der Waals surface area contributed by atoms with Gasteiger partial charge in [-0.25, -0.2) is 0 Å². The normalized spacial score (nSPS) is 37.1. The molecule has 0 radical (unpaired) electrons. The Bertz CT molecular complexity index is 642. The van der Waals surface area contributed by atoms with Crippen LogP contribution in [0, 0.1) is 11.8 Å². The fourth-order valence-corrected chi connectivity index (χ4v) is 6.02. The van der Waals surface area contributed by atoms with Crippen LogP contribution in [0.5, 0.6) is 0 Å². The first-order chi connectivity index (χ1) is 11.6. The Kier molecular flexibility index (Phi) is 3.95. The summed E-state index contributed by atoms with van der Waals surface area (Å²) < 4.78 is 5.52. The van der Waals surface area contributed by atoms with E-state index in [0.29, 0.717) is 42.4 Å². The summed E-state index contributed by atoms with van der Waals surface area (Å²) in [6.07, 6.45) is 5.30. The molecule has 0 spiro atoms. The van der Waals surface area contributed by atoms with E-state index in [1.54, 1.807) is 11.1 Å². The number of carbonyl (C=O) groups excluding carboxylic acids is 1. The minimum atomic E-state index is -0.0603. The highest BCUT2D eigenvalue weighted by Gasteiger charge is 2.59. The molecule has 2 aliphatic carbocycles. The molecule has 4 bridgehead atoms. The zero-order chi connectivity index (χ0) is 16.9. The number of rotatable bonds is 4. The summed E-state index contributed by atoms with van der Waals surface area (Å²) >= 11 is 0. The van der Waals surface area contributed by atoms with E-state index in [2.05, 4.69) is 43.1 Å². The van der Waals surface area contributed by atoms with Gasteiger partial charge in [0.25, 0.3) is 0 Å². The molecule has 0 aromatic heterocycles. The van der Waals surface area contributed by atoms with E-state index in [1.165, 1.54) is 25.7 Å². The fraction of sp³-hybridized carbons (Fsp3) is 0.667. The number of ether oxygens (including phenoxy) is 1. The number of benzene rings is 1. The molecule has 1 aromatic carbocycles. The Morgan fingerprint density at radius 1 is 1.29 bits per heavy atom. The van der Waals surface area contributed by atoms with Crippen LogP contribution in [0.4, 0.5) is 0 Å². The molecule has 3 fully saturated rings. The monoisotopic (exact) mass is 327 g/mol. The van der Waals surface area contributed by atoms with E-state index < -0.39 is 0 Å². The van der Waals surface area contributed by atoms with E-state index in [0.717, 1.165) is 0 Å². The second-order valence-electron chi connectivity index (χ2n) is 8.01. The van der Waals surface area contributed by atoms with E-state index in [4.69, 9.17) is 4.74 Å². The number of esters is 1. The summed E-state index contributed by atoms with van der Waals surface area (Å²) in [6.45, 7) is 4.84. The number of piperidine rings is 2. The van der Waals surface area contributed by atoms with Crippen molar-refractivity contribution in [3.63, 3.8) is 0 Å². The predicted molar refractivity (Wildman–Crippen MR) is 94.9 cm³/mol. The third-order valence-corrected chi connectivity index (χ3v) is 7.26. The van der Waals surface area contributed by atoms with Crippen LogP contribution in [0.2, 0.25) is 0 Å². The lowest BCUT2D eigenvalue weighted by atomic mass is 9.48. The van der Waals surface area contributed by atoms with Gasteiger partial charge in [-0.1, -0.05) is 38.1 Å². The maximum atomic E-state index is 11.6. The zero-order valence-corrected chi connectivity index (χ0v) is 15.1. The Balaban J connectivity index is 1.65. The quantitative estimate of drug-likeness (QED) is 0.792. The second kappa shape index (κ2) is 5.87. The van der Waals surface area contributed by atoms with Crippen molar-refractivity contribution in [3.8, 4) is 0 Å². The van der Waals surface area contributed by atoms with Gasteiger partial charge in [0.2, 0.25) is 0 Å². The fourth-order valence-electron chi connectivity index (χ4n) is 6.02. The predicted octanol–water partition coefficient (Wildman–Crippen LogP) is 3.55. The van der Waals surface area contributed by atoms with Crippen molar-refractivity contribution in [1.29, 1.82) is 0 Å². The highest BCUT2D eigenvalue weighted by Crippen LogP contribution is 2.59. The molecule has 0 amide bonds. The van der Waals surface area contributed by atoms with Crippen molar-refractivity contribution in [2.75, 3.05) is 13.7 Å². The maximum Gasteiger partial charge on any atom is 0.305 e. The van der Waals surface area contributed by atoms with Crippen LogP contribution in [0.1, 0.15) is 50.7 Å². The van der Waals surface area contributed by atoms with Gasteiger partial charge in [0, 0.05) is 29.8 Å². The molecule has 5 unspecified atom stereocenters. The molecule has 1 aromatic rings. The summed E-state index contributed by atoms with van der Waals surface area (Å²) in [6, 6.07) is 10.3. The smallest absolute Gasteiger partial charge is 0.305 e. The molecule has 1 saturated carbocycles. The van der Waals surface area contributed by atoms with Crippen molar-refractivity contribution in [2.24, 2.45) is 11.8 Å². The van der Waals surface area contributed by atoms with E-state index in [1.807, 2.05) is 6.92 Å². The summed E-state index contributed by atoms with van der Waals surface area (Å²) in [5.74, 6) is 1.13. The SMILES string of the molecule is CCC(=O)OCC1CC2C3Cc4ccccc4C2(CC)CC1N3C. The molecule has 2 heterocycles. The molecule has 130 valence electrons. The Morgan fingerprint density at radius 2 is 2.08 bits per heavy atom. The zero-order valence-electron chi connectivity index (χ0n) is 15.1. The number of fused-ring (bicyclic) bond motifs is 2. The first-order valence-corrected chi connectivity index (χ1v) is 9.56. The number of nitrogens with zero attached hydrogens (tertiary/aromatic N) is 1. The number of carbonyl (C=O) groups is 1. The molecule has 3 nitrogen and oxygen atoms in total. The van der Waals surface area contributed by atoms with Crippen LogP contribution in [-0.4, -0.2) is 36.6 Å². The van der Waals surface area contributed by atoms with Crippen LogP contribution >= 0.6 is 0 Å². The molecule has 3 heteroatoms. The summed E-state index contributed by atoms with van der Waals surface area (Å²) in [5.41, 5.74) is 3.50. The number of hydrogen-bond donors (Lipinski definition) is 0. The molecular weight excluding hydrogens is 298 g/mol. The lowest BCUT2D eigenvalue weighted by Crippen LogP contribution is -2.68. The van der Waals surface area contributed by atoms with Gasteiger partial charge in [0.05, 0.1) is 6.61 Å². The minimum Gasteiger partial charge on any atom is -0.465 e. The van der Waals surface area contributed by atoms with Gasteiger partial charge in [-0.3, -0.25) is 9.69 Å². The van der Waals surface area contributed by atoms with Gasteiger partial charge in [-0.2, -0.15) is 0 Å². The van der Waals surface area contributed by atoms with Crippen LogP contribution in [0.15, 0.2) is 24.3 Å². The Hall–Kier alpha value is -1.35. The molecular formula is C21H29NO2. The highest BCUT2D eigenvalue weighted by molar-refractivity contribution is 5.68. The lowest BCUT2D eigenvalue weighted by molar-refractivity contribution is -0.152. The molecule has 24 heavy (non-hydrogen) atoms. The van der Waals surface area contributed by atoms with Crippen molar-refractivity contribution in [1.82, 2.24) is 4.90 Å². The van der Waals surface area contributed by atoms with Crippen molar-refractivity contribution >= 4 is 5.97 Å². The molecule has 2 saturated heterocycles. The van der Waals surface area contributed by atoms with E-state index in [-0.39, 0.29) is 5.97 Å². The molecule has 4 aliphatic rings. The second-order valence-corrected chi connectivity index (χ2v) is 8.01. The summed E-state index contributed by atoms with van der Waals surface area (Å²) in [5, 5.41) is 0. The topological polar surface area (TPSA) is 29.5 Å². The van der Waals surface area contributed by atoms with Crippen LogP contribution in [0.25, 0.3) is 0 Å². The standard InChI is InChI=1S/C21H29NO2/c1-4-20(23)24-13-15-10-17-18-11-14-8-6-7-9-16(14)21(17,5-2)12-19(15)22(18)3/h6-9,15,17-19H,4-5,10-13H2,1-3H3. The minimum absolute atomic E-state index is 0.0603. The molecule has 5 rings (SSSR count). The van der Waals surface area contributed by atoms with Gasteiger partial charge in [0.15, 0.2) is 0 Å². The average molecular weight is 327 g/mol. The lowest BCUT2D eigenvalue weighted by Gasteiger charge is -2.65. The van der Waals surface area contributed by atoms with Crippen LogP contribution < -0.4 is 0 Å². The van der Waals surface area contributed by atoms with Gasteiger partial charge < -0.3 is 4.74 Å². The third-order valence-electron chi connectivity index (χ3n) is 7.26. The summed E-state index contributed by atoms with van der Waals surface area (Å²) in [4.78, 5) is 14.2. The third kappa shape index (κ3) is 2.17. The van der Waals surface area contributed by atoms with Gasteiger partial charge >= 0.3 is 5.97 Å². The van der Waals surface area contributed by atoms with E-state index in [9.17, 15) is 4.79 Å². The van der Waals surface area contributed by atoms with Crippen LogP contribution in [-0.2, 0) is 21.4 Å². The summed E-state index contributed by atoms with van der Waals surface area (Å²) in [7, 11) is 2.30. The average Bonchev–Trinajstić information content (AvgIpc) is 2.62. The first-order valence-electron chi connectivity index (χ1n) is 9.56. The van der Waals surface area contributed by atoms with Crippen molar-refractivity contribution in [2.45, 2.75) is 63.5 Å².